The fraction of sp³-hybridized carbons (Fsp3) is 0.278. The molecule has 2 aromatic carbocycles. The van der Waals surface area contributed by atoms with E-state index in [1.54, 1.807) is 0 Å². The number of hydrogen-bond acceptors (Lipinski definition) is 3. The van der Waals surface area contributed by atoms with Gasteiger partial charge in [0, 0.05) is 0 Å². The van der Waals surface area contributed by atoms with Gasteiger partial charge in [0.1, 0.15) is 6.73 Å². The molecule has 0 aliphatic heterocycles. The maximum absolute atomic E-state index is 11.2. The maximum Gasteiger partial charge on any atom is 0.310 e. The van der Waals surface area contributed by atoms with Gasteiger partial charge in [-0.2, -0.15) is 0 Å². The lowest BCUT2D eigenvalue weighted by molar-refractivity contribution is -0.147. The van der Waals surface area contributed by atoms with Crippen LogP contribution in [0.3, 0.4) is 0 Å². The molecule has 1 atom stereocenters. The largest absolute Gasteiger partial charge is 0.450 e. The van der Waals surface area contributed by atoms with Crippen molar-refractivity contribution in [1.82, 2.24) is 0 Å². The van der Waals surface area contributed by atoms with Gasteiger partial charge in [0.2, 0.25) is 0 Å². The Bertz CT molecular complexity index is 556. The van der Waals surface area contributed by atoms with Gasteiger partial charge in [-0.15, -0.1) is 0 Å². The number of benzene rings is 2. The van der Waals surface area contributed by atoms with Crippen molar-refractivity contribution in [3.8, 4) is 0 Å². The molecular formula is C18H21NO2. The second-order valence-corrected chi connectivity index (χ2v) is 5.22. The Hall–Kier alpha value is -2.13. The summed E-state index contributed by atoms with van der Waals surface area (Å²) in [6.07, 6.45) is 1.91. The lowest BCUT2D eigenvalue weighted by Gasteiger charge is -2.11. The molecule has 0 amide bonds. The van der Waals surface area contributed by atoms with Crippen molar-refractivity contribution in [2.24, 2.45) is 11.7 Å². The molecule has 0 aromatic heterocycles. The summed E-state index contributed by atoms with van der Waals surface area (Å²) in [7, 11) is 0. The summed E-state index contributed by atoms with van der Waals surface area (Å²) in [6, 6.07) is 18.5. The molecule has 1 unspecified atom stereocenters. The van der Waals surface area contributed by atoms with Crippen LogP contribution < -0.4 is 5.73 Å². The summed E-state index contributed by atoms with van der Waals surface area (Å²) >= 11 is 0. The molecule has 0 saturated heterocycles. The molecule has 2 aliphatic carbocycles. The van der Waals surface area contributed by atoms with Crippen LogP contribution in [0.15, 0.2) is 54.6 Å². The number of rotatable bonds is 4. The highest BCUT2D eigenvalue weighted by Gasteiger charge is 2.13. The molecule has 2 N–H and O–H groups in total. The molecule has 3 heteroatoms. The van der Waals surface area contributed by atoms with Crippen molar-refractivity contribution in [2.75, 3.05) is 6.73 Å². The average molecular weight is 283 g/mol. The number of carbonyl (C=O) groups excluding carboxylic acids is 1. The summed E-state index contributed by atoms with van der Waals surface area (Å²) in [5, 5.41) is 0. The minimum Gasteiger partial charge on any atom is -0.450 e. The van der Waals surface area contributed by atoms with Crippen molar-refractivity contribution in [1.29, 1.82) is 0 Å². The summed E-state index contributed by atoms with van der Waals surface area (Å²) in [4.78, 5) is 11.2. The van der Waals surface area contributed by atoms with Crippen LogP contribution in [0.2, 0.25) is 0 Å². The van der Waals surface area contributed by atoms with Crippen LogP contribution in [0.5, 0.6) is 0 Å². The average Bonchev–Trinajstić information content (AvgIpc) is 2.49. The molecule has 0 saturated carbocycles. The summed E-state index contributed by atoms with van der Waals surface area (Å²) in [6.45, 7) is 1.79. The SMILES string of the molecule is CC(Cc1ccccc1)C(=O)OCN.c1cc2cc(c1)C2. The fourth-order valence-corrected chi connectivity index (χ4v) is 2.23. The molecule has 2 aromatic rings. The van der Waals surface area contributed by atoms with Gasteiger partial charge in [-0.3, -0.25) is 10.5 Å². The third kappa shape index (κ3) is 4.72. The first kappa shape index (κ1) is 15.3. The van der Waals surface area contributed by atoms with Gasteiger partial charge in [-0.1, -0.05) is 61.5 Å². The van der Waals surface area contributed by atoms with Gasteiger partial charge >= 0.3 is 5.97 Å². The normalized spacial score (nSPS) is 12.5. The Morgan fingerprint density at radius 3 is 2.19 bits per heavy atom. The van der Waals surface area contributed by atoms with Crippen molar-refractivity contribution < 1.29 is 9.53 Å². The highest BCUT2D eigenvalue weighted by molar-refractivity contribution is 5.72. The van der Waals surface area contributed by atoms with Gasteiger partial charge in [0.05, 0.1) is 5.92 Å². The van der Waals surface area contributed by atoms with Crippen LogP contribution in [0.1, 0.15) is 23.6 Å². The molecule has 4 rings (SSSR count). The van der Waals surface area contributed by atoms with Gasteiger partial charge in [-0.25, -0.2) is 0 Å². The zero-order valence-electron chi connectivity index (χ0n) is 12.3. The van der Waals surface area contributed by atoms with Gasteiger partial charge in [-0.05, 0) is 29.5 Å². The predicted octanol–water partition coefficient (Wildman–Crippen LogP) is 2.92. The van der Waals surface area contributed by atoms with Crippen molar-refractivity contribution in [3.63, 3.8) is 0 Å². The topological polar surface area (TPSA) is 52.3 Å². The first-order valence-corrected chi connectivity index (χ1v) is 7.17. The number of nitrogens with two attached hydrogens (primary N) is 1. The molecule has 0 radical (unpaired) electrons. The number of hydrogen-bond donors (Lipinski definition) is 1. The van der Waals surface area contributed by atoms with E-state index in [-0.39, 0.29) is 18.6 Å². The van der Waals surface area contributed by atoms with Gasteiger partial charge < -0.3 is 4.74 Å². The molecule has 0 heterocycles. The molecular weight excluding hydrogens is 262 g/mol. The van der Waals surface area contributed by atoms with Crippen LogP contribution in [0.4, 0.5) is 0 Å². The van der Waals surface area contributed by atoms with Crippen LogP contribution in [-0.4, -0.2) is 12.7 Å². The number of fused-ring (bicyclic) bond motifs is 2. The highest BCUT2D eigenvalue weighted by Crippen LogP contribution is 2.18. The minimum absolute atomic E-state index is 0.0437. The first-order chi connectivity index (χ1) is 10.2. The molecule has 2 bridgehead atoms. The molecule has 0 fully saturated rings. The van der Waals surface area contributed by atoms with E-state index in [0.717, 1.165) is 5.56 Å². The van der Waals surface area contributed by atoms with Crippen molar-refractivity contribution in [2.45, 2.75) is 19.8 Å². The summed E-state index contributed by atoms with van der Waals surface area (Å²) in [5.41, 5.74) is 9.22. The van der Waals surface area contributed by atoms with Crippen LogP contribution in [0.25, 0.3) is 0 Å². The summed E-state index contributed by atoms with van der Waals surface area (Å²) in [5.74, 6) is -0.377. The number of carbonyl (C=O) groups is 1. The predicted molar refractivity (Wildman–Crippen MR) is 83.7 cm³/mol. The number of ether oxygens (including phenoxy) is 1. The van der Waals surface area contributed by atoms with E-state index in [1.165, 1.54) is 17.5 Å². The van der Waals surface area contributed by atoms with E-state index in [1.807, 2.05) is 37.3 Å². The van der Waals surface area contributed by atoms with Crippen molar-refractivity contribution >= 4 is 5.97 Å². The standard InChI is InChI=1S/C11H15NO2.C7H6/c1-9(11(13)14-8-12)7-10-5-3-2-4-6-10;1-2-6-4-7(3-1)5-6/h2-6,9H,7-8,12H2,1H3;1-4H,5H2. The Morgan fingerprint density at radius 1 is 1.14 bits per heavy atom. The third-order valence-corrected chi connectivity index (χ3v) is 3.41. The molecule has 3 nitrogen and oxygen atoms in total. The van der Waals surface area contributed by atoms with Crippen LogP contribution >= 0.6 is 0 Å². The summed E-state index contributed by atoms with van der Waals surface area (Å²) < 4.78 is 4.71. The van der Waals surface area contributed by atoms with Crippen molar-refractivity contribution in [3.05, 3.63) is 71.3 Å². The lowest BCUT2D eigenvalue weighted by atomic mass is 9.94. The third-order valence-electron chi connectivity index (χ3n) is 3.41. The quantitative estimate of drug-likeness (QED) is 0.591. The van der Waals surface area contributed by atoms with Crippen LogP contribution in [-0.2, 0) is 22.4 Å². The zero-order chi connectivity index (χ0) is 15.1. The van der Waals surface area contributed by atoms with E-state index >= 15 is 0 Å². The molecule has 110 valence electrons. The van der Waals surface area contributed by atoms with Gasteiger partial charge in [0.25, 0.3) is 0 Å². The second kappa shape index (κ2) is 7.60. The van der Waals surface area contributed by atoms with E-state index < -0.39 is 0 Å². The smallest absolute Gasteiger partial charge is 0.310 e. The molecule has 21 heavy (non-hydrogen) atoms. The fourth-order valence-electron chi connectivity index (χ4n) is 2.23. The number of esters is 1. The zero-order valence-corrected chi connectivity index (χ0v) is 12.3. The highest BCUT2D eigenvalue weighted by atomic mass is 16.5. The monoisotopic (exact) mass is 283 g/mol. The maximum atomic E-state index is 11.2. The second-order valence-electron chi connectivity index (χ2n) is 5.22. The Labute approximate surface area is 125 Å². The minimum atomic E-state index is -0.239. The molecule has 0 spiro atoms. The first-order valence-electron chi connectivity index (χ1n) is 7.17. The Morgan fingerprint density at radius 2 is 1.76 bits per heavy atom. The Balaban J connectivity index is 0.000000189. The van der Waals surface area contributed by atoms with Gasteiger partial charge in [0.15, 0.2) is 0 Å². The van der Waals surface area contributed by atoms with E-state index in [9.17, 15) is 4.79 Å². The lowest BCUT2D eigenvalue weighted by Crippen LogP contribution is -2.20. The van der Waals surface area contributed by atoms with E-state index in [2.05, 4.69) is 24.3 Å². The van der Waals surface area contributed by atoms with E-state index in [4.69, 9.17) is 10.5 Å². The Kier molecular flexibility index (Phi) is 5.52. The van der Waals surface area contributed by atoms with Crippen LogP contribution in [0, 0.1) is 5.92 Å². The molecule has 2 aliphatic rings. The van der Waals surface area contributed by atoms with E-state index in [0.29, 0.717) is 6.42 Å².